The number of benzene rings is 1. The number of carbonyl (C=O) groups is 1. The number of aldehydes is 1. The number of likely N-dealkylation sites (tertiary alicyclic amines) is 1. The van der Waals surface area contributed by atoms with Gasteiger partial charge in [0.15, 0.2) is 0 Å². The van der Waals surface area contributed by atoms with E-state index in [1.54, 1.807) is 35.2 Å². The number of nitrogens with zero attached hydrogens (tertiary/aromatic N) is 3. The highest BCUT2D eigenvalue weighted by Gasteiger charge is 2.47. The molecule has 1 saturated carbocycles. The van der Waals surface area contributed by atoms with Gasteiger partial charge in [-0.25, -0.2) is 4.39 Å². The fraction of sp³-hybridized carbons (Fsp3) is 0.500. The van der Waals surface area contributed by atoms with E-state index in [2.05, 4.69) is 9.88 Å². The molecule has 1 atom stereocenters. The first-order valence-electron chi connectivity index (χ1n) is 14.9. The molecule has 0 amide bonds. The van der Waals surface area contributed by atoms with Crippen molar-refractivity contribution in [3.05, 3.63) is 77.1 Å². The Bertz CT molecular complexity index is 1350. The van der Waals surface area contributed by atoms with Crippen LogP contribution < -0.4 is 5.56 Å². The minimum absolute atomic E-state index is 0.171. The van der Waals surface area contributed by atoms with Gasteiger partial charge in [0.1, 0.15) is 12.1 Å². The van der Waals surface area contributed by atoms with Crippen LogP contribution in [-0.2, 0) is 11.3 Å². The summed E-state index contributed by atoms with van der Waals surface area (Å²) in [4.78, 5) is 29.8. The van der Waals surface area contributed by atoms with Crippen LogP contribution in [0.4, 0.5) is 4.39 Å². The van der Waals surface area contributed by atoms with E-state index >= 15 is 0 Å². The van der Waals surface area contributed by atoms with Crippen molar-refractivity contribution in [2.75, 3.05) is 20.1 Å². The summed E-state index contributed by atoms with van der Waals surface area (Å²) in [6, 6.07) is 13.4. The third-order valence-corrected chi connectivity index (χ3v) is 8.91. The van der Waals surface area contributed by atoms with Gasteiger partial charge in [0, 0.05) is 60.1 Å². The lowest BCUT2D eigenvalue weighted by Gasteiger charge is -2.49. The monoisotopic (exact) mass is 561 g/mol. The van der Waals surface area contributed by atoms with Crippen LogP contribution in [0.3, 0.4) is 0 Å². The molecule has 41 heavy (non-hydrogen) atoms. The summed E-state index contributed by atoms with van der Waals surface area (Å²) >= 11 is 0. The van der Waals surface area contributed by atoms with Crippen molar-refractivity contribution in [1.82, 2.24) is 14.5 Å². The highest BCUT2D eigenvalue weighted by atomic mass is 19.1. The lowest BCUT2D eigenvalue weighted by Crippen LogP contribution is -2.59. The Hall–Kier alpha value is -3.16. The Morgan fingerprint density at radius 1 is 1.05 bits per heavy atom. The number of hydrogen-bond donors (Lipinski definition) is 1. The van der Waals surface area contributed by atoms with Crippen molar-refractivity contribution in [3.8, 4) is 22.4 Å². The molecule has 1 N–H and O–H groups in total. The Labute approximate surface area is 243 Å². The fourth-order valence-corrected chi connectivity index (χ4v) is 6.30. The zero-order valence-corrected chi connectivity index (χ0v) is 24.7. The Kier molecular flexibility index (Phi) is 10.3. The van der Waals surface area contributed by atoms with Crippen molar-refractivity contribution in [2.24, 2.45) is 11.3 Å². The lowest BCUT2D eigenvalue weighted by atomic mass is 9.70. The van der Waals surface area contributed by atoms with Gasteiger partial charge >= 0.3 is 0 Å². The van der Waals surface area contributed by atoms with E-state index in [4.69, 9.17) is 0 Å². The second-order valence-corrected chi connectivity index (χ2v) is 12.4. The molecule has 1 aromatic carbocycles. The number of halogens is 1. The topological polar surface area (TPSA) is 75.4 Å². The van der Waals surface area contributed by atoms with Crippen LogP contribution in [0.5, 0.6) is 0 Å². The van der Waals surface area contributed by atoms with Crippen molar-refractivity contribution < 1.29 is 14.3 Å². The van der Waals surface area contributed by atoms with Crippen LogP contribution in [0.15, 0.2) is 65.7 Å². The molecule has 2 aromatic heterocycles. The van der Waals surface area contributed by atoms with Crippen LogP contribution in [0.2, 0.25) is 0 Å². The standard InChI is InChI=1S/C25H28FN3O2.C9H16O/c1-24(2)16-28(3)13-11-25(24,31)17-29-15-20(22-10-6-7-12-27-22)19(14-23(29)30)18-8-4-5-9-21(18)26;10-8-4-7-9-5-2-1-3-6-9/h4-10,12,14-15,31H,11,13,16-17H2,1-3H3;8-9H,1-7H2. The minimum atomic E-state index is -1.04. The number of hydrogen-bond acceptors (Lipinski definition) is 5. The van der Waals surface area contributed by atoms with Gasteiger partial charge in [0.25, 0.3) is 5.56 Å². The average Bonchev–Trinajstić information content (AvgIpc) is 2.97. The second-order valence-electron chi connectivity index (χ2n) is 12.4. The molecule has 3 heterocycles. The SMILES string of the molecule is CN1CCC(O)(Cn2cc(-c3ccccn3)c(-c3ccccc3F)cc2=O)C(C)(C)C1.O=CCCC1CCCCC1. The maximum atomic E-state index is 14.6. The third kappa shape index (κ3) is 7.57. The van der Waals surface area contributed by atoms with E-state index in [1.807, 2.05) is 39.1 Å². The van der Waals surface area contributed by atoms with Crippen molar-refractivity contribution >= 4 is 6.29 Å². The Morgan fingerprint density at radius 2 is 1.78 bits per heavy atom. The van der Waals surface area contributed by atoms with Gasteiger partial charge in [0.2, 0.25) is 0 Å². The molecule has 7 heteroatoms. The summed E-state index contributed by atoms with van der Waals surface area (Å²) in [5.74, 6) is 0.478. The van der Waals surface area contributed by atoms with Crippen LogP contribution in [0.25, 0.3) is 22.4 Å². The van der Waals surface area contributed by atoms with Crippen molar-refractivity contribution in [2.45, 2.75) is 77.4 Å². The number of carbonyl (C=O) groups excluding carboxylic acids is 1. The summed E-state index contributed by atoms with van der Waals surface area (Å²) in [7, 11) is 2.04. The molecule has 3 aromatic rings. The molecule has 1 aliphatic carbocycles. The number of rotatable bonds is 7. The second kappa shape index (κ2) is 13.7. The first-order valence-corrected chi connectivity index (χ1v) is 14.9. The van der Waals surface area contributed by atoms with Crippen LogP contribution in [0.1, 0.15) is 65.2 Å². The summed E-state index contributed by atoms with van der Waals surface area (Å²) in [5.41, 5.74) is 0.433. The largest absolute Gasteiger partial charge is 0.387 e. The van der Waals surface area contributed by atoms with E-state index in [0.29, 0.717) is 28.8 Å². The molecule has 6 nitrogen and oxygen atoms in total. The summed E-state index contributed by atoms with van der Waals surface area (Å²) in [5, 5.41) is 11.5. The summed E-state index contributed by atoms with van der Waals surface area (Å²) < 4.78 is 16.1. The molecule has 0 radical (unpaired) electrons. The zero-order chi connectivity index (χ0) is 29.5. The van der Waals surface area contributed by atoms with Crippen LogP contribution in [-0.4, -0.2) is 51.6 Å². The first-order chi connectivity index (χ1) is 19.6. The molecule has 220 valence electrons. The minimum Gasteiger partial charge on any atom is -0.387 e. The lowest BCUT2D eigenvalue weighted by molar-refractivity contribution is -0.124. The molecule has 5 rings (SSSR count). The van der Waals surface area contributed by atoms with Gasteiger partial charge < -0.3 is 19.4 Å². The number of aromatic nitrogens is 2. The molecule has 1 aliphatic heterocycles. The zero-order valence-electron chi connectivity index (χ0n) is 24.7. The molecule has 1 unspecified atom stereocenters. The number of pyridine rings is 2. The van der Waals surface area contributed by atoms with Gasteiger partial charge in [-0.05, 0) is 44.0 Å². The smallest absolute Gasteiger partial charge is 0.251 e. The van der Waals surface area contributed by atoms with E-state index in [9.17, 15) is 19.1 Å². The average molecular weight is 562 g/mol. The predicted octanol–water partition coefficient (Wildman–Crippen LogP) is 6.36. The summed E-state index contributed by atoms with van der Waals surface area (Å²) in [6.07, 6.45) is 13.9. The number of piperidine rings is 1. The molecule has 1 saturated heterocycles. The number of aliphatic hydroxyl groups is 1. The van der Waals surface area contributed by atoms with Crippen LogP contribution >= 0.6 is 0 Å². The predicted molar refractivity (Wildman–Crippen MR) is 162 cm³/mol. The van der Waals surface area contributed by atoms with Gasteiger partial charge in [-0.3, -0.25) is 9.78 Å². The molecule has 0 bridgehead atoms. The maximum Gasteiger partial charge on any atom is 0.251 e. The van der Waals surface area contributed by atoms with E-state index < -0.39 is 16.8 Å². The highest BCUT2D eigenvalue weighted by Crippen LogP contribution is 2.40. The fourth-order valence-electron chi connectivity index (χ4n) is 6.30. The molecule has 0 spiro atoms. The van der Waals surface area contributed by atoms with Gasteiger partial charge in [-0.15, -0.1) is 0 Å². The van der Waals surface area contributed by atoms with Gasteiger partial charge in [-0.1, -0.05) is 70.2 Å². The quantitative estimate of drug-likeness (QED) is 0.340. The molecule has 2 fully saturated rings. The normalized spacial score (nSPS) is 21.1. The van der Waals surface area contributed by atoms with Crippen molar-refractivity contribution in [1.29, 1.82) is 0 Å². The van der Waals surface area contributed by atoms with Crippen LogP contribution in [0, 0.1) is 17.2 Å². The van der Waals surface area contributed by atoms with E-state index in [-0.39, 0.29) is 12.1 Å². The Balaban J connectivity index is 0.000000328. The molecule has 2 aliphatic rings. The highest BCUT2D eigenvalue weighted by molar-refractivity contribution is 5.81. The van der Waals surface area contributed by atoms with E-state index in [0.717, 1.165) is 38.1 Å². The molecular formula is C34H44FN3O3. The first kappa shape index (κ1) is 30.8. The van der Waals surface area contributed by atoms with Gasteiger partial charge in [-0.2, -0.15) is 0 Å². The Morgan fingerprint density at radius 3 is 2.44 bits per heavy atom. The van der Waals surface area contributed by atoms with Gasteiger partial charge in [0.05, 0.1) is 17.8 Å². The third-order valence-electron chi connectivity index (χ3n) is 8.91. The molecular weight excluding hydrogens is 517 g/mol. The van der Waals surface area contributed by atoms with E-state index in [1.165, 1.54) is 44.2 Å². The van der Waals surface area contributed by atoms with Crippen molar-refractivity contribution in [3.63, 3.8) is 0 Å². The maximum absolute atomic E-state index is 14.6. The summed E-state index contributed by atoms with van der Waals surface area (Å²) in [6.45, 7) is 5.72.